The van der Waals surface area contributed by atoms with Gasteiger partial charge in [0.05, 0.1) is 25.2 Å². The van der Waals surface area contributed by atoms with Crippen LogP contribution in [0.15, 0.2) is 60.7 Å². The van der Waals surface area contributed by atoms with Crippen molar-refractivity contribution in [1.29, 1.82) is 0 Å². The van der Waals surface area contributed by atoms with Crippen LogP contribution in [0.5, 0.6) is 5.75 Å². The lowest BCUT2D eigenvalue weighted by Crippen LogP contribution is -2.38. The molecule has 0 spiro atoms. The number of nitrogens with one attached hydrogen (secondary N) is 2. The second kappa shape index (κ2) is 15.8. The minimum absolute atomic E-state index is 0.0850. The molecule has 3 aromatic rings. The van der Waals surface area contributed by atoms with E-state index in [0.717, 1.165) is 42.6 Å². The Morgan fingerprint density at radius 2 is 1.70 bits per heavy atom. The summed E-state index contributed by atoms with van der Waals surface area (Å²) in [6.07, 6.45) is 1.13. The van der Waals surface area contributed by atoms with E-state index in [-0.39, 0.29) is 25.1 Å². The molecule has 9 heteroatoms. The lowest BCUT2D eigenvalue weighted by molar-refractivity contribution is -0.153. The number of hydrogen-bond donors (Lipinski definition) is 2. The van der Waals surface area contributed by atoms with Crippen LogP contribution in [0.4, 0.5) is 9.18 Å². The van der Waals surface area contributed by atoms with Gasteiger partial charge in [-0.3, -0.25) is 4.79 Å². The van der Waals surface area contributed by atoms with E-state index in [2.05, 4.69) is 16.7 Å². The highest BCUT2D eigenvalue weighted by atomic mass is 19.1. The number of hydrogen-bond acceptors (Lipinski definition) is 7. The normalized spacial score (nSPS) is 15.9. The molecule has 1 aliphatic heterocycles. The van der Waals surface area contributed by atoms with Gasteiger partial charge in [0.2, 0.25) is 0 Å². The summed E-state index contributed by atoms with van der Waals surface area (Å²) in [5.74, 6) is -0.159. The van der Waals surface area contributed by atoms with Crippen LogP contribution in [0.1, 0.15) is 83.2 Å². The van der Waals surface area contributed by atoms with Crippen LogP contribution < -0.4 is 15.4 Å². The first kappa shape index (κ1) is 35.9. The number of carbonyl (C=O) groups is 2. The van der Waals surface area contributed by atoms with Crippen LogP contribution in [-0.2, 0) is 38.5 Å². The number of morpholine rings is 1. The molecule has 2 N–H and O–H groups in total. The highest BCUT2D eigenvalue weighted by Gasteiger charge is 2.22. The van der Waals surface area contributed by atoms with E-state index in [1.54, 1.807) is 45.9 Å². The van der Waals surface area contributed by atoms with Gasteiger partial charge in [0.25, 0.3) is 0 Å². The average Bonchev–Trinajstić information content (AvgIpc) is 2.98. The topological polar surface area (TPSA) is 95.1 Å². The summed E-state index contributed by atoms with van der Waals surface area (Å²) in [4.78, 5) is 25.0. The molecule has 0 aromatic heterocycles. The Bertz CT molecular complexity index is 1520. The lowest BCUT2D eigenvalue weighted by atomic mass is 9.94. The standard InChI is InChI=1S/C38H49FN2O6/c1-25(41-36(43)47-38(5,6)7)31-12-10-13-32(35(31)39)29-20-26(15-16-30-23-40-17-18-44-30)19-27(21-29)24-45-33-14-9-8-11-28(33)22-34(42)46-37(2,3)4/h8-14,19-21,25,30,40H,15-18,22-24H2,1-7H3,(H,41,43)/t25-,30?/m1/s1. The number of carbonyl (C=O) groups excluding carboxylic acids is 2. The Labute approximate surface area is 278 Å². The molecule has 1 amide bonds. The molecule has 0 aliphatic carbocycles. The zero-order valence-electron chi connectivity index (χ0n) is 28.7. The van der Waals surface area contributed by atoms with Crippen LogP contribution in [0.2, 0.25) is 0 Å². The molecule has 1 heterocycles. The number of para-hydroxylation sites is 1. The summed E-state index contributed by atoms with van der Waals surface area (Å²) >= 11 is 0. The Kier molecular flexibility index (Phi) is 12.0. The number of amides is 1. The van der Waals surface area contributed by atoms with Crippen molar-refractivity contribution in [3.8, 4) is 16.9 Å². The van der Waals surface area contributed by atoms with Crippen LogP contribution in [0.3, 0.4) is 0 Å². The summed E-state index contributed by atoms with van der Waals surface area (Å²) < 4.78 is 39.3. The smallest absolute Gasteiger partial charge is 0.408 e. The first-order valence-corrected chi connectivity index (χ1v) is 16.3. The summed E-state index contributed by atoms with van der Waals surface area (Å²) in [5.41, 5.74) is 2.84. The van der Waals surface area contributed by atoms with Gasteiger partial charge in [-0.1, -0.05) is 48.5 Å². The third-order valence-corrected chi connectivity index (χ3v) is 7.47. The number of aryl methyl sites for hydroxylation is 1. The van der Waals surface area contributed by atoms with E-state index in [1.807, 2.05) is 57.2 Å². The van der Waals surface area contributed by atoms with Crippen molar-refractivity contribution in [2.75, 3.05) is 19.7 Å². The fraction of sp³-hybridized carbons (Fsp3) is 0.474. The molecule has 1 unspecified atom stereocenters. The first-order valence-electron chi connectivity index (χ1n) is 16.3. The summed E-state index contributed by atoms with van der Waals surface area (Å²) in [7, 11) is 0. The monoisotopic (exact) mass is 648 g/mol. The molecule has 0 radical (unpaired) electrons. The minimum atomic E-state index is -0.669. The number of halogens is 1. The molecule has 3 aromatic carbocycles. The molecule has 1 saturated heterocycles. The third kappa shape index (κ3) is 11.4. The highest BCUT2D eigenvalue weighted by Crippen LogP contribution is 2.31. The third-order valence-electron chi connectivity index (χ3n) is 7.47. The maximum Gasteiger partial charge on any atom is 0.408 e. The van der Waals surface area contributed by atoms with Crippen LogP contribution in [-0.4, -0.2) is 49.1 Å². The molecular formula is C38H49FN2O6. The fourth-order valence-corrected chi connectivity index (χ4v) is 5.43. The molecule has 254 valence electrons. The second-order valence-electron chi connectivity index (χ2n) is 14.0. The first-order chi connectivity index (χ1) is 22.2. The Morgan fingerprint density at radius 1 is 0.979 bits per heavy atom. The van der Waals surface area contributed by atoms with Crippen molar-refractivity contribution in [3.05, 3.63) is 88.7 Å². The van der Waals surface area contributed by atoms with Crippen molar-refractivity contribution >= 4 is 12.1 Å². The van der Waals surface area contributed by atoms with Crippen molar-refractivity contribution in [2.45, 2.75) is 97.7 Å². The van der Waals surface area contributed by atoms with Crippen LogP contribution >= 0.6 is 0 Å². The molecule has 4 rings (SSSR count). The number of esters is 1. The summed E-state index contributed by atoms with van der Waals surface area (Å²) in [6, 6.07) is 18.0. The van der Waals surface area contributed by atoms with E-state index in [0.29, 0.717) is 29.0 Å². The van der Waals surface area contributed by atoms with Gasteiger partial charge < -0.3 is 29.6 Å². The molecule has 1 aliphatic rings. The molecular weight excluding hydrogens is 599 g/mol. The van der Waals surface area contributed by atoms with Crippen LogP contribution in [0.25, 0.3) is 11.1 Å². The van der Waals surface area contributed by atoms with Gasteiger partial charge in [-0.25, -0.2) is 9.18 Å². The fourth-order valence-electron chi connectivity index (χ4n) is 5.43. The molecule has 0 saturated carbocycles. The van der Waals surface area contributed by atoms with Crippen LogP contribution in [0, 0.1) is 5.82 Å². The molecule has 8 nitrogen and oxygen atoms in total. The molecule has 0 bridgehead atoms. The second-order valence-corrected chi connectivity index (χ2v) is 14.0. The minimum Gasteiger partial charge on any atom is -0.489 e. The maximum absolute atomic E-state index is 16.2. The van der Waals surface area contributed by atoms with Crippen molar-refractivity contribution in [1.82, 2.24) is 10.6 Å². The predicted molar refractivity (Wildman–Crippen MR) is 181 cm³/mol. The van der Waals surface area contributed by atoms with E-state index in [4.69, 9.17) is 18.9 Å². The summed E-state index contributed by atoms with van der Waals surface area (Å²) in [6.45, 7) is 15.1. The molecule has 1 fully saturated rings. The molecule has 47 heavy (non-hydrogen) atoms. The Balaban J connectivity index is 1.60. The SMILES string of the molecule is C[C@@H](NC(=O)OC(C)(C)C)c1cccc(-c2cc(CCC3CNCCO3)cc(COc3ccccc3CC(=O)OC(C)(C)C)c2)c1F. The number of rotatable bonds is 11. The average molecular weight is 649 g/mol. The van der Waals surface area contributed by atoms with Gasteiger partial charge in [-0.15, -0.1) is 0 Å². The largest absolute Gasteiger partial charge is 0.489 e. The van der Waals surface area contributed by atoms with Gasteiger partial charge in [0, 0.05) is 29.8 Å². The maximum atomic E-state index is 16.2. The van der Waals surface area contributed by atoms with Gasteiger partial charge >= 0.3 is 12.1 Å². The van der Waals surface area contributed by atoms with Crippen molar-refractivity contribution < 1.29 is 32.9 Å². The Morgan fingerprint density at radius 3 is 2.40 bits per heavy atom. The predicted octanol–water partition coefficient (Wildman–Crippen LogP) is 7.46. The van der Waals surface area contributed by atoms with Gasteiger partial charge in [-0.05, 0) is 90.1 Å². The van der Waals surface area contributed by atoms with Crippen molar-refractivity contribution in [2.24, 2.45) is 0 Å². The van der Waals surface area contributed by atoms with E-state index in [1.165, 1.54) is 0 Å². The zero-order valence-corrected chi connectivity index (χ0v) is 28.7. The quantitative estimate of drug-likeness (QED) is 0.209. The Hall–Kier alpha value is -3.95. The van der Waals surface area contributed by atoms with Gasteiger partial charge in [0.1, 0.15) is 29.4 Å². The molecule has 2 atom stereocenters. The van der Waals surface area contributed by atoms with Gasteiger partial charge in [-0.2, -0.15) is 0 Å². The van der Waals surface area contributed by atoms with E-state index >= 15 is 4.39 Å². The van der Waals surface area contributed by atoms with E-state index in [9.17, 15) is 9.59 Å². The number of ether oxygens (including phenoxy) is 4. The number of alkyl carbamates (subject to hydrolysis) is 1. The highest BCUT2D eigenvalue weighted by molar-refractivity contribution is 5.74. The lowest BCUT2D eigenvalue weighted by Gasteiger charge is -2.24. The number of benzene rings is 3. The summed E-state index contributed by atoms with van der Waals surface area (Å²) in [5, 5.41) is 6.12. The van der Waals surface area contributed by atoms with Gasteiger partial charge in [0.15, 0.2) is 0 Å². The zero-order chi connectivity index (χ0) is 34.2. The van der Waals surface area contributed by atoms with Crippen molar-refractivity contribution in [3.63, 3.8) is 0 Å². The van der Waals surface area contributed by atoms with E-state index < -0.39 is 29.2 Å².